The first-order valence-corrected chi connectivity index (χ1v) is 10.9. The number of hydrogen-bond donors (Lipinski definition) is 2. The van der Waals surface area contributed by atoms with Crippen molar-refractivity contribution in [3.8, 4) is 0 Å². The first kappa shape index (κ1) is 20.3. The number of guanidine groups is 1. The Bertz CT molecular complexity index is 916. The van der Waals surface area contributed by atoms with Gasteiger partial charge in [-0.3, -0.25) is 9.67 Å². The highest BCUT2D eigenvalue weighted by Gasteiger charge is 2.25. The zero-order valence-electron chi connectivity index (χ0n) is 16.4. The summed E-state index contributed by atoms with van der Waals surface area (Å²) in [5.41, 5.74) is 1.93. The number of nitrogens with zero attached hydrogens (tertiary/aromatic N) is 4. The van der Waals surface area contributed by atoms with E-state index >= 15 is 0 Å². The predicted octanol–water partition coefficient (Wildman–Crippen LogP) is 1.46. The Morgan fingerprint density at radius 2 is 1.89 bits per heavy atom. The van der Waals surface area contributed by atoms with Gasteiger partial charge in [0.25, 0.3) is 0 Å². The van der Waals surface area contributed by atoms with Gasteiger partial charge >= 0.3 is 0 Å². The summed E-state index contributed by atoms with van der Waals surface area (Å²) in [7, 11) is 0.171. The van der Waals surface area contributed by atoms with Crippen LogP contribution in [0.25, 0.3) is 0 Å². The molecule has 8 nitrogen and oxygen atoms in total. The normalized spacial score (nSPS) is 16.1. The molecule has 2 N–H and O–H groups in total. The largest absolute Gasteiger partial charge is 0.352 e. The third-order valence-electron chi connectivity index (χ3n) is 4.89. The van der Waals surface area contributed by atoms with Gasteiger partial charge in [-0.05, 0) is 36.6 Å². The van der Waals surface area contributed by atoms with Crippen LogP contribution in [0.4, 0.5) is 0 Å². The number of sulfonamides is 1. The van der Waals surface area contributed by atoms with Crippen molar-refractivity contribution in [2.75, 3.05) is 20.1 Å². The number of aliphatic imine (C=N–C) groups is 1. The van der Waals surface area contributed by atoms with E-state index < -0.39 is 10.0 Å². The Labute approximate surface area is 166 Å². The van der Waals surface area contributed by atoms with Crippen molar-refractivity contribution in [1.82, 2.24) is 24.7 Å². The molecule has 0 spiro atoms. The maximum atomic E-state index is 12.9. The molecule has 1 aliphatic heterocycles. The van der Waals surface area contributed by atoms with Crippen LogP contribution in [0, 0.1) is 0 Å². The molecule has 1 fully saturated rings. The third-order valence-corrected chi connectivity index (χ3v) is 6.79. The second kappa shape index (κ2) is 9.20. The highest BCUT2D eigenvalue weighted by atomic mass is 32.2. The smallest absolute Gasteiger partial charge is 0.243 e. The Hall–Kier alpha value is -2.39. The molecule has 152 valence electrons. The van der Waals surface area contributed by atoms with Crippen molar-refractivity contribution in [2.45, 2.75) is 37.2 Å². The van der Waals surface area contributed by atoms with Gasteiger partial charge in [0.1, 0.15) is 0 Å². The zero-order chi connectivity index (χ0) is 20.0. The van der Waals surface area contributed by atoms with Gasteiger partial charge in [0.05, 0.1) is 17.1 Å². The molecule has 0 aliphatic carbocycles. The quantitative estimate of drug-likeness (QED) is 0.562. The van der Waals surface area contributed by atoms with Crippen molar-refractivity contribution in [2.24, 2.45) is 12.0 Å². The monoisotopic (exact) mass is 404 g/mol. The number of aromatic nitrogens is 2. The molecule has 0 unspecified atom stereocenters. The van der Waals surface area contributed by atoms with E-state index in [1.54, 1.807) is 40.4 Å². The Morgan fingerprint density at radius 1 is 1.14 bits per heavy atom. The Balaban J connectivity index is 1.61. The van der Waals surface area contributed by atoms with E-state index in [1.807, 2.05) is 19.2 Å². The Morgan fingerprint density at radius 3 is 2.57 bits per heavy atom. The van der Waals surface area contributed by atoms with E-state index in [0.717, 1.165) is 30.5 Å². The average Bonchev–Trinajstić information content (AvgIpc) is 3.14. The summed E-state index contributed by atoms with van der Waals surface area (Å²) in [6.45, 7) is 2.29. The molecular weight excluding hydrogens is 376 g/mol. The fourth-order valence-corrected chi connectivity index (χ4v) is 4.81. The summed E-state index contributed by atoms with van der Waals surface area (Å²) in [6, 6.07) is 9.06. The van der Waals surface area contributed by atoms with Crippen molar-refractivity contribution in [1.29, 1.82) is 0 Å². The molecule has 2 heterocycles. The SMILES string of the molecule is CN=C(NCc1cccc(S(=O)(=O)N2CCCCC2)c1)NCc1ccnn1C. The van der Waals surface area contributed by atoms with Crippen LogP contribution in [0.5, 0.6) is 0 Å². The molecule has 0 atom stereocenters. The molecule has 28 heavy (non-hydrogen) atoms. The topological polar surface area (TPSA) is 91.6 Å². The van der Waals surface area contributed by atoms with E-state index in [0.29, 0.717) is 37.0 Å². The van der Waals surface area contributed by atoms with Crippen molar-refractivity contribution in [3.63, 3.8) is 0 Å². The highest BCUT2D eigenvalue weighted by molar-refractivity contribution is 7.89. The van der Waals surface area contributed by atoms with Crippen molar-refractivity contribution in [3.05, 3.63) is 47.8 Å². The van der Waals surface area contributed by atoms with Gasteiger partial charge in [0.2, 0.25) is 10.0 Å². The van der Waals surface area contributed by atoms with Gasteiger partial charge in [0, 0.05) is 39.9 Å². The van der Waals surface area contributed by atoms with Crippen molar-refractivity contribution < 1.29 is 8.42 Å². The molecule has 3 rings (SSSR count). The maximum Gasteiger partial charge on any atom is 0.243 e. The molecule has 1 aliphatic rings. The van der Waals surface area contributed by atoms with E-state index in [9.17, 15) is 8.42 Å². The van der Waals surface area contributed by atoms with E-state index in [1.165, 1.54) is 0 Å². The molecule has 0 radical (unpaired) electrons. The van der Waals surface area contributed by atoms with E-state index in [4.69, 9.17) is 0 Å². The molecule has 1 saturated heterocycles. The van der Waals surface area contributed by atoms with Crippen LogP contribution < -0.4 is 10.6 Å². The summed E-state index contributed by atoms with van der Waals surface area (Å²) in [5.74, 6) is 0.644. The molecule has 0 amide bonds. The van der Waals surface area contributed by atoms with Gasteiger partial charge in [-0.15, -0.1) is 0 Å². The minimum atomic E-state index is -3.42. The minimum absolute atomic E-state index is 0.353. The van der Waals surface area contributed by atoms with Crippen LogP contribution in [0.15, 0.2) is 46.4 Å². The second-order valence-electron chi connectivity index (χ2n) is 6.84. The fraction of sp³-hybridized carbons (Fsp3) is 0.474. The van der Waals surface area contributed by atoms with Crippen LogP contribution in [-0.2, 0) is 30.2 Å². The summed E-state index contributed by atoms with van der Waals surface area (Å²) >= 11 is 0. The van der Waals surface area contributed by atoms with E-state index in [-0.39, 0.29) is 0 Å². The van der Waals surface area contributed by atoms with Crippen LogP contribution >= 0.6 is 0 Å². The van der Waals surface area contributed by atoms with Gasteiger partial charge < -0.3 is 10.6 Å². The third kappa shape index (κ3) is 4.90. The Kier molecular flexibility index (Phi) is 6.69. The molecular formula is C19H28N6O2S. The number of benzene rings is 1. The van der Waals surface area contributed by atoms with Gasteiger partial charge in [-0.2, -0.15) is 9.40 Å². The molecule has 0 bridgehead atoms. The number of aryl methyl sites for hydroxylation is 1. The minimum Gasteiger partial charge on any atom is -0.352 e. The predicted molar refractivity (Wildman–Crippen MR) is 109 cm³/mol. The van der Waals surface area contributed by atoms with E-state index in [2.05, 4.69) is 20.7 Å². The van der Waals surface area contributed by atoms with Gasteiger partial charge in [-0.1, -0.05) is 18.6 Å². The summed E-state index contributed by atoms with van der Waals surface area (Å²) in [5, 5.41) is 10.6. The molecule has 0 saturated carbocycles. The lowest BCUT2D eigenvalue weighted by Crippen LogP contribution is -2.37. The summed E-state index contributed by atoms with van der Waals surface area (Å²) in [6.07, 6.45) is 4.71. The van der Waals surface area contributed by atoms with Crippen LogP contribution in [0.2, 0.25) is 0 Å². The van der Waals surface area contributed by atoms with Crippen molar-refractivity contribution >= 4 is 16.0 Å². The summed E-state index contributed by atoms with van der Waals surface area (Å²) in [4.78, 5) is 4.57. The molecule has 2 aromatic rings. The molecule has 1 aromatic heterocycles. The van der Waals surface area contributed by atoms with Crippen LogP contribution in [0.1, 0.15) is 30.5 Å². The number of nitrogens with one attached hydrogen (secondary N) is 2. The molecule has 1 aromatic carbocycles. The van der Waals surface area contributed by atoms with Gasteiger partial charge in [0.15, 0.2) is 5.96 Å². The standard InChI is InChI=1S/C19H28N6O2S/c1-20-19(22-15-17-9-10-23-24(17)2)21-14-16-7-6-8-18(13-16)28(26,27)25-11-4-3-5-12-25/h6-10,13H,3-5,11-12,14-15H2,1-2H3,(H2,20,21,22). The van der Waals surface area contributed by atoms with Crippen LogP contribution in [0.3, 0.4) is 0 Å². The molecule has 9 heteroatoms. The van der Waals surface area contributed by atoms with Gasteiger partial charge in [-0.25, -0.2) is 8.42 Å². The number of rotatable bonds is 6. The first-order chi connectivity index (χ1) is 13.5. The lowest BCUT2D eigenvalue weighted by molar-refractivity contribution is 0.346. The lowest BCUT2D eigenvalue weighted by Gasteiger charge is -2.26. The first-order valence-electron chi connectivity index (χ1n) is 9.51. The lowest BCUT2D eigenvalue weighted by atomic mass is 10.2. The highest BCUT2D eigenvalue weighted by Crippen LogP contribution is 2.21. The zero-order valence-corrected chi connectivity index (χ0v) is 17.2. The number of piperidine rings is 1. The van der Waals surface area contributed by atoms with Crippen LogP contribution in [-0.4, -0.2) is 48.6 Å². The second-order valence-corrected chi connectivity index (χ2v) is 8.78. The summed E-state index contributed by atoms with van der Waals surface area (Å²) < 4.78 is 29.1. The maximum absolute atomic E-state index is 12.9. The number of hydrogen-bond acceptors (Lipinski definition) is 4. The average molecular weight is 405 g/mol. The fourth-order valence-electron chi connectivity index (χ4n) is 3.23.